The van der Waals surface area contributed by atoms with Gasteiger partial charge in [0.1, 0.15) is 0 Å². The Balaban J connectivity index is 1.06. The molecule has 1 aliphatic carbocycles. The Morgan fingerprint density at radius 1 is 0.255 bits per heavy atom. The second-order valence-electron chi connectivity index (χ2n) is 14.5. The molecule has 0 N–H and O–H groups in total. The summed E-state index contributed by atoms with van der Waals surface area (Å²) in [6, 6.07) is 67.3. The third kappa shape index (κ3) is 4.75. The molecule has 0 fully saturated rings. The molecule has 0 heteroatoms. The predicted molar refractivity (Wildman–Crippen MR) is 218 cm³/mol. The van der Waals surface area contributed by atoms with E-state index in [1.54, 1.807) is 0 Å². The number of hydrogen-bond donors (Lipinski definition) is 0. The second kappa shape index (κ2) is 11.4. The van der Waals surface area contributed by atoms with Gasteiger partial charge in [-0.1, -0.05) is 159 Å². The summed E-state index contributed by atoms with van der Waals surface area (Å²) in [6.07, 6.45) is 0. The van der Waals surface area contributed by atoms with E-state index < -0.39 is 0 Å². The molecule has 0 aliphatic heterocycles. The quantitative estimate of drug-likeness (QED) is 0.167. The summed E-state index contributed by atoms with van der Waals surface area (Å²) in [5, 5.41) is 7.95. The van der Waals surface area contributed by atoms with Gasteiger partial charge in [-0.2, -0.15) is 0 Å². The predicted octanol–water partition coefficient (Wildman–Crippen LogP) is 14.1. The fraction of sp³-hybridized carbons (Fsp3) is 0.0588. The number of fused-ring (bicyclic) bond motifs is 9. The van der Waals surface area contributed by atoms with Crippen LogP contribution in [0.15, 0.2) is 182 Å². The molecule has 9 aromatic carbocycles. The minimum absolute atomic E-state index is 0.0930. The molecule has 0 saturated heterocycles. The van der Waals surface area contributed by atoms with Crippen molar-refractivity contribution in [2.45, 2.75) is 19.3 Å². The Morgan fingerprint density at radius 2 is 0.627 bits per heavy atom. The van der Waals surface area contributed by atoms with E-state index in [2.05, 4.69) is 196 Å². The molecule has 0 unspecified atom stereocenters. The molecule has 0 atom stereocenters. The largest absolute Gasteiger partial charge is 0.0622 e. The molecule has 240 valence electrons. The minimum atomic E-state index is -0.0930. The molecule has 9 aromatic rings. The molecule has 0 bridgehead atoms. The molecule has 0 saturated carbocycles. The normalized spacial score (nSPS) is 13.1. The zero-order valence-electron chi connectivity index (χ0n) is 28.8. The van der Waals surface area contributed by atoms with Crippen molar-refractivity contribution in [3.05, 3.63) is 193 Å². The maximum atomic E-state index is 2.49. The fourth-order valence-corrected chi connectivity index (χ4v) is 8.59. The van der Waals surface area contributed by atoms with Crippen LogP contribution in [0.2, 0.25) is 0 Å². The van der Waals surface area contributed by atoms with Crippen molar-refractivity contribution in [3.8, 4) is 55.6 Å². The third-order valence-corrected chi connectivity index (χ3v) is 11.2. The van der Waals surface area contributed by atoms with Crippen LogP contribution >= 0.6 is 0 Å². The number of hydrogen-bond acceptors (Lipinski definition) is 0. The van der Waals surface area contributed by atoms with Crippen LogP contribution in [0.5, 0.6) is 0 Å². The molecule has 0 spiro atoms. The van der Waals surface area contributed by atoms with E-state index in [-0.39, 0.29) is 5.41 Å². The SMILES string of the molecule is CC1(C)c2ccc(-c3cccc(-c4cccc(-c5cccc(-c6ccccc6)c5)c4)c3)cc2-c2cc3c4ccccc4c4ccccc4c3cc21. The number of benzene rings is 9. The lowest BCUT2D eigenvalue weighted by atomic mass is 9.81. The highest BCUT2D eigenvalue weighted by molar-refractivity contribution is 6.26. The zero-order valence-corrected chi connectivity index (χ0v) is 28.8. The minimum Gasteiger partial charge on any atom is -0.0622 e. The number of rotatable bonds is 4. The summed E-state index contributed by atoms with van der Waals surface area (Å²) in [6.45, 7) is 4.77. The summed E-state index contributed by atoms with van der Waals surface area (Å²) in [4.78, 5) is 0. The van der Waals surface area contributed by atoms with E-state index in [1.165, 1.54) is 99.1 Å². The van der Waals surface area contributed by atoms with Gasteiger partial charge < -0.3 is 0 Å². The highest BCUT2D eigenvalue weighted by Gasteiger charge is 2.36. The van der Waals surface area contributed by atoms with Gasteiger partial charge in [-0.25, -0.2) is 0 Å². The monoisotopic (exact) mass is 648 g/mol. The first-order valence-electron chi connectivity index (χ1n) is 17.9. The smallest absolute Gasteiger partial charge is 0.0159 e. The maximum absolute atomic E-state index is 2.49. The van der Waals surface area contributed by atoms with Gasteiger partial charge in [0.25, 0.3) is 0 Å². The van der Waals surface area contributed by atoms with E-state index in [4.69, 9.17) is 0 Å². The van der Waals surface area contributed by atoms with Crippen molar-refractivity contribution in [1.82, 2.24) is 0 Å². The molecule has 0 aromatic heterocycles. The van der Waals surface area contributed by atoms with Gasteiger partial charge in [-0.05, 0) is 135 Å². The van der Waals surface area contributed by atoms with Gasteiger partial charge in [0, 0.05) is 5.41 Å². The highest BCUT2D eigenvalue weighted by Crippen LogP contribution is 2.52. The van der Waals surface area contributed by atoms with Gasteiger partial charge in [-0.3, -0.25) is 0 Å². The molecule has 0 radical (unpaired) electrons. The summed E-state index contributed by atoms with van der Waals surface area (Å²) in [5.41, 5.74) is 15.2. The molecule has 0 nitrogen and oxygen atoms in total. The highest BCUT2D eigenvalue weighted by atomic mass is 14.4. The zero-order chi connectivity index (χ0) is 34.1. The van der Waals surface area contributed by atoms with E-state index in [1.807, 2.05) is 0 Å². The maximum Gasteiger partial charge on any atom is 0.0159 e. The van der Waals surface area contributed by atoms with Crippen LogP contribution in [0.1, 0.15) is 25.0 Å². The Kier molecular flexibility index (Phi) is 6.63. The second-order valence-corrected chi connectivity index (χ2v) is 14.5. The Morgan fingerprint density at radius 3 is 1.14 bits per heavy atom. The van der Waals surface area contributed by atoms with Crippen LogP contribution in [0, 0.1) is 0 Å². The molecule has 1 aliphatic rings. The van der Waals surface area contributed by atoms with Crippen molar-refractivity contribution < 1.29 is 0 Å². The van der Waals surface area contributed by atoms with Crippen molar-refractivity contribution in [2.24, 2.45) is 0 Å². The Labute approximate surface area is 299 Å². The lowest BCUT2D eigenvalue weighted by molar-refractivity contribution is 0.661. The van der Waals surface area contributed by atoms with E-state index >= 15 is 0 Å². The van der Waals surface area contributed by atoms with Gasteiger partial charge in [-0.15, -0.1) is 0 Å². The Hall–Kier alpha value is -6.24. The first-order valence-corrected chi connectivity index (χ1v) is 17.9. The first-order chi connectivity index (χ1) is 25.0. The average Bonchev–Trinajstić information content (AvgIpc) is 3.42. The summed E-state index contributed by atoms with van der Waals surface area (Å²) in [7, 11) is 0. The van der Waals surface area contributed by atoms with E-state index in [0.29, 0.717) is 0 Å². The molecule has 0 amide bonds. The van der Waals surface area contributed by atoms with Crippen LogP contribution in [-0.4, -0.2) is 0 Å². The van der Waals surface area contributed by atoms with Crippen molar-refractivity contribution >= 4 is 32.3 Å². The van der Waals surface area contributed by atoms with Crippen molar-refractivity contribution in [3.63, 3.8) is 0 Å². The van der Waals surface area contributed by atoms with Gasteiger partial charge in [0.05, 0.1) is 0 Å². The molecule has 10 rings (SSSR count). The molecular formula is C51H36. The van der Waals surface area contributed by atoms with Crippen LogP contribution in [0.4, 0.5) is 0 Å². The molecular weight excluding hydrogens is 613 g/mol. The van der Waals surface area contributed by atoms with E-state index in [0.717, 1.165) is 0 Å². The van der Waals surface area contributed by atoms with Gasteiger partial charge >= 0.3 is 0 Å². The van der Waals surface area contributed by atoms with Gasteiger partial charge in [0.2, 0.25) is 0 Å². The molecule has 51 heavy (non-hydrogen) atoms. The van der Waals surface area contributed by atoms with Crippen LogP contribution in [-0.2, 0) is 5.41 Å². The Bertz CT molecular complexity index is 2820. The topological polar surface area (TPSA) is 0 Å². The summed E-state index contributed by atoms with van der Waals surface area (Å²) < 4.78 is 0. The van der Waals surface area contributed by atoms with Gasteiger partial charge in [0.15, 0.2) is 0 Å². The van der Waals surface area contributed by atoms with Crippen molar-refractivity contribution in [1.29, 1.82) is 0 Å². The molecule has 0 heterocycles. The van der Waals surface area contributed by atoms with Crippen LogP contribution < -0.4 is 0 Å². The lowest BCUT2D eigenvalue weighted by Gasteiger charge is -2.22. The van der Waals surface area contributed by atoms with Crippen LogP contribution in [0.3, 0.4) is 0 Å². The van der Waals surface area contributed by atoms with E-state index in [9.17, 15) is 0 Å². The third-order valence-electron chi connectivity index (χ3n) is 11.2. The summed E-state index contributed by atoms with van der Waals surface area (Å²) >= 11 is 0. The summed E-state index contributed by atoms with van der Waals surface area (Å²) in [5.74, 6) is 0. The van der Waals surface area contributed by atoms with Crippen molar-refractivity contribution in [2.75, 3.05) is 0 Å². The standard InChI is InChI=1S/C51H36/c1-51(2)49-26-25-40(30-47(49)48-31-45-43-23-8-6-21-41(43)42-22-7-9-24-44(42)46(45)32-50(48)51)39-20-12-19-38(29-39)37-18-11-17-36(28-37)35-16-10-15-34(27-35)33-13-4-3-5-14-33/h3-32H,1-2H3. The average molecular weight is 649 g/mol. The lowest BCUT2D eigenvalue weighted by Crippen LogP contribution is -2.14. The fourth-order valence-electron chi connectivity index (χ4n) is 8.59. The first kappa shape index (κ1) is 29.7. The van der Waals surface area contributed by atoms with Crippen LogP contribution in [0.25, 0.3) is 88.0 Å².